The average molecular weight is 346 g/mol. The fraction of sp³-hybridized carbons (Fsp3) is 0.174. The zero-order valence-corrected chi connectivity index (χ0v) is 14.3. The fourth-order valence-electron chi connectivity index (χ4n) is 3.52. The van der Waals surface area contributed by atoms with Crippen LogP contribution in [0, 0.1) is 5.82 Å². The normalized spacial score (nSPS) is 16.2. The zero-order chi connectivity index (χ0) is 17.9. The number of hydrogen-bond acceptors (Lipinski definition) is 2. The van der Waals surface area contributed by atoms with Crippen molar-refractivity contribution < 1.29 is 13.9 Å². The van der Waals surface area contributed by atoms with Crippen LogP contribution in [0.5, 0.6) is 5.75 Å². The molecule has 0 heterocycles. The second-order valence-corrected chi connectivity index (χ2v) is 6.57. The van der Waals surface area contributed by atoms with Crippen molar-refractivity contribution in [3.05, 3.63) is 101 Å². The third kappa shape index (κ3) is 3.25. The average Bonchev–Trinajstić information content (AvgIpc) is 2.68. The van der Waals surface area contributed by atoms with Crippen LogP contribution in [0.3, 0.4) is 0 Å². The van der Waals surface area contributed by atoms with Gasteiger partial charge in [0, 0.05) is 5.56 Å². The Morgan fingerprint density at radius 1 is 0.962 bits per heavy atom. The number of rotatable bonds is 4. The molecule has 3 aromatic rings. The smallest absolute Gasteiger partial charge is 0.170 e. The van der Waals surface area contributed by atoms with E-state index in [1.165, 1.54) is 6.07 Å². The molecule has 0 aliphatic heterocycles. The number of Topliss-reactive ketones (excluding diaryl/α,β-unsaturated/α-hetero) is 1. The van der Waals surface area contributed by atoms with Gasteiger partial charge in [-0.1, -0.05) is 48.5 Å². The van der Waals surface area contributed by atoms with Crippen molar-refractivity contribution in [2.75, 3.05) is 0 Å². The Bertz CT molecular complexity index is 934. The summed E-state index contributed by atoms with van der Waals surface area (Å²) in [7, 11) is 0. The largest absolute Gasteiger partial charge is 0.489 e. The molecule has 3 aromatic carbocycles. The van der Waals surface area contributed by atoms with Crippen LogP contribution in [-0.2, 0) is 13.0 Å². The Balaban J connectivity index is 1.53. The molecule has 1 atom stereocenters. The minimum atomic E-state index is -0.403. The molecule has 1 aliphatic carbocycles. The summed E-state index contributed by atoms with van der Waals surface area (Å²) in [6.07, 6.45) is 1.36. The molecule has 1 aliphatic rings. The summed E-state index contributed by atoms with van der Waals surface area (Å²) >= 11 is 0. The molecule has 3 heteroatoms. The van der Waals surface area contributed by atoms with Gasteiger partial charge < -0.3 is 4.74 Å². The molecule has 130 valence electrons. The summed E-state index contributed by atoms with van der Waals surface area (Å²) in [5, 5.41) is 0. The van der Waals surface area contributed by atoms with Crippen molar-refractivity contribution in [3.8, 4) is 5.75 Å². The van der Waals surface area contributed by atoms with E-state index < -0.39 is 5.92 Å². The first-order chi connectivity index (χ1) is 12.7. The monoisotopic (exact) mass is 346 g/mol. The van der Waals surface area contributed by atoms with Crippen molar-refractivity contribution >= 4 is 5.78 Å². The molecule has 0 amide bonds. The highest BCUT2D eigenvalue weighted by Crippen LogP contribution is 2.35. The molecule has 0 saturated carbocycles. The lowest BCUT2D eigenvalue weighted by Gasteiger charge is -2.24. The first kappa shape index (κ1) is 16.5. The maximum Gasteiger partial charge on any atom is 0.170 e. The number of halogens is 1. The first-order valence-electron chi connectivity index (χ1n) is 8.80. The summed E-state index contributed by atoms with van der Waals surface area (Å²) < 4.78 is 19.9. The van der Waals surface area contributed by atoms with Crippen LogP contribution >= 0.6 is 0 Å². The number of hydrogen-bond donors (Lipinski definition) is 0. The van der Waals surface area contributed by atoms with Crippen LogP contribution in [0.2, 0.25) is 0 Å². The lowest BCUT2D eigenvalue weighted by atomic mass is 9.79. The molecule has 4 rings (SSSR count). The van der Waals surface area contributed by atoms with E-state index in [1.807, 2.05) is 48.5 Å². The second kappa shape index (κ2) is 7.12. The summed E-state index contributed by atoms with van der Waals surface area (Å²) in [5.74, 6) is 0.0348. The quantitative estimate of drug-likeness (QED) is 0.639. The molecule has 0 saturated heterocycles. The third-order valence-corrected chi connectivity index (χ3v) is 4.89. The Labute approximate surface area is 152 Å². The molecule has 0 radical (unpaired) electrons. The predicted molar refractivity (Wildman–Crippen MR) is 99.0 cm³/mol. The van der Waals surface area contributed by atoms with Gasteiger partial charge in [0.2, 0.25) is 0 Å². The molecule has 0 N–H and O–H groups in total. The maximum absolute atomic E-state index is 14.1. The summed E-state index contributed by atoms with van der Waals surface area (Å²) in [6, 6.07) is 22.1. The molecule has 1 unspecified atom stereocenters. The van der Waals surface area contributed by atoms with Gasteiger partial charge in [-0.25, -0.2) is 4.39 Å². The molecule has 0 spiro atoms. The predicted octanol–water partition coefficient (Wildman–Crippen LogP) is 5.32. The lowest BCUT2D eigenvalue weighted by Crippen LogP contribution is -2.21. The van der Waals surface area contributed by atoms with Crippen LogP contribution in [0.25, 0.3) is 0 Å². The Morgan fingerprint density at radius 2 is 1.73 bits per heavy atom. The van der Waals surface area contributed by atoms with Gasteiger partial charge in [-0.2, -0.15) is 0 Å². The van der Waals surface area contributed by atoms with Crippen molar-refractivity contribution in [1.82, 2.24) is 0 Å². The van der Waals surface area contributed by atoms with Crippen molar-refractivity contribution in [3.63, 3.8) is 0 Å². The van der Waals surface area contributed by atoms with E-state index in [-0.39, 0.29) is 11.6 Å². The van der Waals surface area contributed by atoms with Gasteiger partial charge in [0.05, 0.1) is 5.92 Å². The van der Waals surface area contributed by atoms with Crippen molar-refractivity contribution in [2.24, 2.45) is 0 Å². The Hall–Kier alpha value is -2.94. The molecule has 0 aromatic heterocycles. The number of benzene rings is 3. The number of carbonyl (C=O) groups is 1. The summed E-state index contributed by atoms with van der Waals surface area (Å²) in [6.45, 7) is 0.491. The highest BCUT2D eigenvalue weighted by molar-refractivity contribution is 6.03. The number of aryl methyl sites for hydroxylation is 1. The van der Waals surface area contributed by atoms with E-state index in [1.54, 1.807) is 18.2 Å². The third-order valence-electron chi connectivity index (χ3n) is 4.89. The van der Waals surface area contributed by atoms with E-state index in [0.717, 1.165) is 23.3 Å². The summed E-state index contributed by atoms with van der Waals surface area (Å²) in [5.41, 5.74) is 3.25. The van der Waals surface area contributed by atoms with Crippen molar-refractivity contribution in [1.29, 1.82) is 0 Å². The van der Waals surface area contributed by atoms with Gasteiger partial charge in [0.1, 0.15) is 18.2 Å². The molecular formula is C23H19FO2. The van der Waals surface area contributed by atoms with Crippen LogP contribution in [0.1, 0.15) is 39.4 Å². The number of ketones is 1. The molecule has 2 nitrogen and oxygen atoms in total. The van der Waals surface area contributed by atoms with E-state index in [9.17, 15) is 9.18 Å². The van der Waals surface area contributed by atoms with E-state index in [2.05, 4.69) is 0 Å². The molecular weight excluding hydrogens is 327 g/mol. The van der Waals surface area contributed by atoms with Crippen LogP contribution in [0.15, 0.2) is 72.8 Å². The van der Waals surface area contributed by atoms with Crippen LogP contribution < -0.4 is 4.74 Å². The number of carbonyl (C=O) groups excluding carboxylic acids is 1. The second-order valence-electron chi connectivity index (χ2n) is 6.57. The van der Waals surface area contributed by atoms with E-state index in [0.29, 0.717) is 24.2 Å². The van der Waals surface area contributed by atoms with Gasteiger partial charge in [-0.3, -0.25) is 4.79 Å². The van der Waals surface area contributed by atoms with Gasteiger partial charge in [0.15, 0.2) is 5.78 Å². The minimum Gasteiger partial charge on any atom is -0.489 e. The summed E-state index contributed by atoms with van der Waals surface area (Å²) in [4.78, 5) is 12.9. The SMILES string of the molecule is O=C1c2ccc(OCc3ccccc3)cc2CCC1c1ccccc1F. The maximum atomic E-state index is 14.1. The Kier molecular flexibility index (Phi) is 4.53. The van der Waals surface area contributed by atoms with Gasteiger partial charge >= 0.3 is 0 Å². The van der Waals surface area contributed by atoms with Crippen molar-refractivity contribution in [2.45, 2.75) is 25.4 Å². The molecule has 0 fully saturated rings. The lowest BCUT2D eigenvalue weighted by molar-refractivity contribution is 0.0944. The standard InChI is InChI=1S/C23H19FO2/c24-22-9-5-4-8-20(22)21-12-10-17-14-18(11-13-19(17)23(21)25)26-15-16-6-2-1-3-7-16/h1-9,11,13-14,21H,10,12,15H2. The number of fused-ring (bicyclic) bond motifs is 1. The highest BCUT2D eigenvalue weighted by atomic mass is 19.1. The topological polar surface area (TPSA) is 26.3 Å². The zero-order valence-electron chi connectivity index (χ0n) is 14.3. The highest BCUT2D eigenvalue weighted by Gasteiger charge is 2.30. The fourth-order valence-corrected chi connectivity index (χ4v) is 3.52. The van der Waals surface area contributed by atoms with Crippen LogP contribution in [0.4, 0.5) is 4.39 Å². The minimum absolute atomic E-state index is 0.00837. The number of ether oxygens (including phenoxy) is 1. The Morgan fingerprint density at radius 3 is 2.54 bits per heavy atom. The van der Waals surface area contributed by atoms with Gasteiger partial charge in [-0.05, 0) is 53.8 Å². The molecule has 26 heavy (non-hydrogen) atoms. The van der Waals surface area contributed by atoms with E-state index >= 15 is 0 Å². The molecule has 0 bridgehead atoms. The first-order valence-corrected chi connectivity index (χ1v) is 8.80. The van der Waals surface area contributed by atoms with Gasteiger partial charge in [-0.15, -0.1) is 0 Å². The van der Waals surface area contributed by atoms with Crippen LogP contribution in [-0.4, -0.2) is 5.78 Å². The van der Waals surface area contributed by atoms with E-state index in [4.69, 9.17) is 4.74 Å². The van der Waals surface area contributed by atoms with Gasteiger partial charge in [0.25, 0.3) is 0 Å².